The molecule has 0 atom stereocenters. The van der Waals surface area contributed by atoms with Gasteiger partial charge in [-0.2, -0.15) is 0 Å². The lowest BCUT2D eigenvalue weighted by atomic mass is 10.00. The summed E-state index contributed by atoms with van der Waals surface area (Å²) in [7, 11) is 1.71. The van der Waals surface area contributed by atoms with Gasteiger partial charge in [-0.25, -0.2) is 4.98 Å². The van der Waals surface area contributed by atoms with E-state index in [0.717, 1.165) is 42.5 Å². The van der Waals surface area contributed by atoms with Crippen molar-refractivity contribution in [3.8, 4) is 16.9 Å². The van der Waals surface area contributed by atoms with Gasteiger partial charge in [-0.05, 0) is 42.2 Å². The summed E-state index contributed by atoms with van der Waals surface area (Å²) in [6, 6.07) is 9.82. The van der Waals surface area contributed by atoms with E-state index in [-0.39, 0.29) is 13.2 Å². The minimum Gasteiger partial charge on any atom is -0.491 e. The number of aromatic nitrogens is 1. The van der Waals surface area contributed by atoms with E-state index in [2.05, 4.69) is 4.99 Å². The number of thioether (sulfide) groups is 1. The lowest BCUT2D eigenvalue weighted by Crippen LogP contribution is -2.12. The van der Waals surface area contributed by atoms with Crippen molar-refractivity contribution in [2.45, 2.75) is 28.7 Å². The van der Waals surface area contributed by atoms with Crippen molar-refractivity contribution in [1.82, 2.24) is 4.98 Å². The summed E-state index contributed by atoms with van der Waals surface area (Å²) in [4.78, 5) is 9.89. The first-order chi connectivity index (χ1) is 15.1. The molecule has 1 aliphatic carbocycles. The molecule has 4 rings (SSSR count). The van der Waals surface area contributed by atoms with Crippen LogP contribution in [0.1, 0.15) is 25.0 Å². The predicted octanol–water partition coefficient (Wildman–Crippen LogP) is 4.56. The topological polar surface area (TPSA) is 107 Å². The number of aliphatic hydroxyl groups is 1. The van der Waals surface area contributed by atoms with Crippen molar-refractivity contribution >= 4 is 50.8 Å². The van der Waals surface area contributed by atoms with Gasteiger partial charge in [0.15, 0.2) is 0 Å². The average Bonchev–Trinajstić information content (AvgIpc) is 3.08. The van der Waals surface area contributed by atoms with Crippen LogP contribution in [0, 0.1) is 0 Å². The first-order valence-electron chi connectivity index (χ1n) is 10.2. The Bertz CT molecular complexity index is 1120. The third-order valence-electron chi connectivity index (χ3n) is 5.26. The Labute approximate surface area is 190 Å². The monoisotopic (exact) mass is 454 g/mol. The van der Waals surface area contributed by atoms with Crippen molar-refractivity contribution in [3.63, 3.8) is 0 Å². The zero-order chi connectivity index (χ0) is 21.8. The first-order valence-corrected chi connectivity index (χ1v) is 11.9. The predicted molar refractivity (Wildman–Crippen MR) is 132 cm³/mol. The molecule has 1 aliphatic rings. The molecule has 0 bridgehead atoms. The molecule has 0 aliphatic heterocycles. The number of pyridine rings is 1. The maximum Gasteiger partial charge on any atom is 0.127 e. The van der Waals surface area contributed by atoms with Gasteiger partial charge >= 0.3 is 0 Å². The van der Waals surface area contributed by atoms with Gasteiger partial charge in [0.1, 0.15) is 17.2 Å². The van der Waals surface area contributed by atoms with E-state index in [1.165, 1.54) is 25.5 Å². The maximum absolute atomic E-state index is 8.97. The molecule has 162 valence electrons. The van der Waals surface area contributed by atoms with E-state index in [4.69, 9.17) is 26.3 Å². The molecule has 31 heavy (non-hydrogen) atoms. The highest BCUT2D eigenvalue weighted by atomic mass is 32.2. The largest absolute Gasteiger partial charge is 0.491 e. The summed E-state index contributed by atoms with van der Waals surface area (Å²) in [5.74, 6) is 0.712. The quantitative estimate of drug-likeness (QED) is 0.431. The first kappa shape index (κ1) is 21.7. The summed E-state index contributed by atoms with van der Waals surface area (Å²) >= 11 is 3.52. The molecular formula is C23H26N4O2S2. The molecule has 0 unspecified atom stereocenters. The number of nitrogens with zero attached hydrogens (tertiary/aromatic N) is 2. The summed E-state index contributed by atoms with van der Waals surface area (Å²) in [6.07, 6.45) is 7.02. The molecule has 0 saturated heterocycles. The minimum absolute atomic E-state index is 0.0177. The number of fused-ring (bicyclic) bond motifs is 1. The molecular weight excluding hydrogens is 428 g/mol. The highest BCUT2D eigenvalue weighted by Crippen LogP contribution is 2.48. The van der Waals surface area contributed by atoms with Crippen molar-refractivity contribution in [1.29, 1.82) is 0 Å². The van der Waals surface area contributed by atoms with Crippen LogP contribution in [0.5, 0.6) is 5.75 Å². The van der Waals surface area contributed by atoms with Gasteiger partial charge in [-0.15, -0.1) is 23.1 Å². The van der Waals surface area contributed by atoms with E-state index in [0.29, 0.717) is 11.0 Å². The van der Waals surface area contributed by atoms with Gasteiger partial charge in [0.05, 0.1) is 22.2 Å². The van der Waals surface area contributed by atoms with Gasteiger partial charge in [0.25, 0.3) is 0 Å². The molecule has 0 radical (unpaired) electrons. The molecule has 2 heterocycles. The van der Waals surface area contributed by atoms with Crippen molar-refractivity contribution in [3.05, 3.63) is 42.2 Å². The van der Waals surface area contributed by atoms with Gasteiger partial charge < -0.3 is 21.3 Å². The number of ether oxygens (including phenoxy) is 1. The standard InChI is InChI=1S/C23H26N4O2S2/c1-26-13-15(12-24)19-11-18(14-5-7-16(8-6-14)29-10-9-28)20-21(25)23(31-22(20)27-19)30-17-3-2-4-17/h5-8,11-13,17,28H,2-4,9-10,24-25H2,1H3/b15-12+,26-13?. The molecule has 8 heteroatoms. The Morgan fingerprint density at radius 3 is 2.74 bits per heavy atom. The number of allylic oxidation sites excluding steroid dienone is 1. The van der Waals surface area contributed by atoms with Crippen LogP contribution in [0.15, 0.2) is 45.7 Å². The van der Waals surface area contributed by atoms with Crippen molar-refractivity contribution < 1.29 is 9.84 Å². The van der Waals surface area contributed by atoms with Crippen LogP contribution in [-0.4, -0.2) is 41.8 Å². The average molecular weight is 455 g/mol. The molecule has 1 aromatic carbocycles. The van der Waals surface area contributed by atoms with Crippen LogP contribution in [0.25, 0.3) is 26.9 Å². The van der Waals surface area contributed by atoms with Gasteiger partial charge in [-0.1, -0.05) is 18.6 Å². The molecule has 0 spiro atoms. The molecule has 3 aromatic rings. The van der Waals surface area contributed by atoms with E-state index in [1.54, 1.807) is 24.6 Å². The molecule has 6 nitrogen and oxygen atoms in total. The fraction of sp³-hybridized carbons (Fsp3) is 0.304. The second kappa shape index (κ2) is 9.72. The molecule has 0 amide bonds. The normalized spacial score (nSPS) is 15.0. The van der Waals surface area contributed by atoms with Crippen LogP contribution in [0.2, 0.25) is 0 Å². The number of nitrogen functional groups attached to an aromatic ring is 1. The number of aliphatic imine (C=N–C) groups is 1. The van der Waals surface area contributed by atoms with Crippen LogP contribution in [0.3, 0.4) is 0 Å². The zero-order valence-electron chi connectivity index (χ0n) is 17.4. The zero-order valence-corrected chi connectivity index (χ0v) is 19.0. The number of thiophene rings is 1. The summed E-state index contributed by atoms with van der Waals surface area (Å²) in [5.41, 5.74) is 16.8. The smallest absolute Gasteiger partial charge is 0.127 e. The Kier molecular flexibility index (Phi) is 6.80. The highest BCUT2D eigenvalue weighted by Gasteiger charge is 2.24. The number of anilines is 1. The molecule has 2 aromatic heterocycles. The van der Waals surface area contributed by atoms with E-state index in [9.17, 15) is 0 Å². The summed E-state index contributed by atoms with van der Waals surface area (Å²) < 4.78 is 6.64. The lowest BCUT2D eigenvalue weighted by Gasteiger charge is -2.23. The highest BCUT2D eigenvalue weighted by molar-refractivity contribution is 8.02. The fourth-order valence-electron chi connectivity index (χ4n) is 3.43. The van der Waals surface area contributed by atoms with Crippen LogP contribution in [0.4, 0.5) is 5.69 Å². The minimum atomic E-state index is -0.0177. The van der Waals surface area contributed by atoms with Crippen molar-refractivity contribution in [2.24, 2.45) is 10.7 Å². The summed E-state index contributed by atoms with van der Waals surface area (Å²) in [6.45, 7) is 0.249. The van der Waals surface area contributed by atoms with Gasteiger partial charge in [-0.3, -0.25) is 4.99 Å². The Balaban J connectivity index is 1.83. The third kappa shape index (κ3) is 4.56. The third-order valence-corrected chi connectivity index (χ3v) is 7.93. The van der Waals surface area contributed by atoms with Crippen LogP contribution < -0.4 is 16.2 Å². The maximum atomic E-state index is 8.97. The number of rotatable bonds is 8. The second-order valence-corrected chi connectivity index (χ2v) is 9.88. The number of nitrogens with two attached hydrogens (primary N) is 2. The SMILES string of the molecule is CN=C/C(=C\N)c1cc(-c2ccc(OCCO)cc2)c2c(N)c(SC3CCC3)sc2n1. The van der Waals surface area contributed by atoms with Gasteiger partial charge in [0.2, 0.25) is 0 Å². The van der Waals surface area contributed by atoms with E-state index < -0.39 is 0 Å². The number of benzene rings is 1. The summed E-state index contributed by atoms with van der Waals surface area (Å²) in [5, 5.41) is 10.6. The number of hydrogen-bond acceptors (Lipinski definition) is 8. The number of aliphatic hydroxyl groups excluding tert-OH is 1. The van der Waals surface area contributed by atoms with Crippen LogP contribution in [-0.2, 0) is 0 Å². The van der Waals surface area contributed by atoms with E-state index in [1.807, 2.05) is 42.1 Å². The molecule has 1 fully saturated rings. The van der Waals surface area contributed by atoms with Crippen LogP contribution >= 0.6 is 23.1 Å². The lowest BCUT2D eigenvalue weighted by molar-refractivity contribution is 0.201. The Morgan fingerprint density at radius 2 is 2.13 bits per heavy atom. The number of hydrogen-bond donors (Lipinski definition) is 3. The van der Waals surface area contributed by atoms with Gasteiger partial charge in [0, 0.05) is 35.7 Å². The molecule has 5 N–H and O–H groups in total. The Hall–Kier alpha value is -2.55. The Morgan fingerprint density at radius 1 is 1.35 bits per heavy atom. The second-order valence-electron chi connectivity index (χ2n) is 7.31. The molecule has 1 saturated carbocycles. The fourth-order valence-corrected chi connectivity index (χ4v) is 6.22. The van der Waals surface area contributed by atoms with Crippen molar-refractivity contribution in [2.75, 3.05) is 26.0 Å². The van der Waals surface area contributed by atoms with E-state index >= 15 is 0 Å².